The van der Waals surface area contributed by atoms with Crippen LogP contribution in [-0.4, -0.2) is 21.3 Å². The number of hydrogen-bond acceptors (Lipinski definition) is 4. The van der Waals surface area contributed by atoms with Crippen LogP contribution in [0.4, 0.5) is 0 Å². The molecule has 0 aliphatic heterocycles. The number of phenols is 1. The van der Waals surface area contributed by atoms with Gasteiger partial charge in [0.05, 0.1) is 10.6 Å². The number of carboxylic acids is 1. The zero-order chi connectivity index (χ0) is 12.6. The minimum Gasteiger partial charge on any atom is -0.506 e. The van der Waals surface area contributed by atoms with Gasteiger partial charge < -0.3 is 14.7 Å². The lowest BCUT2D eigenvalue weighted by molar-refractivity contribution is 0.0686. The van der Waals surface area contributed by atoms with Crippen molar-refractivity contribution in [3.05, 3.63) is 34.5 Å². The number of carboxylic acid groups (broad SMARTS) is 1. The van der Waals surface area contributed by atoms with Crippen LogP contribution in [0.15, 0.2) is 22.7 Å². The van der Waals surface area contributed by atoms with Crippen LogP contribution in [0.25, 0.3) is 11.3 Å². The number of nitrogens with zero attached hydrogens (tertiary/aromatic N) is 1. The van der Waals surface area contributed by atoms with Crippen molar-refractivity contribution in [3.63, 3.8) is 0 Å². The predicted octanol–water partition coefficient (Wildman–Crippen LogP) is 2.71. The van der Waals surface area contributed by atoms with Gasteiger partial charge in [0.2, 0.25) is 0 Å². The summed E-state index contributed by atoms with van der Waals surface area (Å²) in [5.74, 6) is -1.20. The van der Waals surface area contributed by atoms with Crippen LogP contribution in [0.2, 0.25) is 5.02 Å². The largest absolute Gasteiger partial charge is 0.506 e. The summed E-state index contributed by atoms with van der Waals surface area (Å²) in [4.78, 5) is 10.6. The number of phenolic OH excluding ortho intramolecular Hbond substituents is 1. The molecule has 1 heterocycles. The number of rotatable bonds is 2. The van der Waals surface area contributed by atoms with Gasteiger partial charge in [-0.1, -0.05) is 22.8 Å². The van der Waals surface area contributed by atoms with E-state index in [1.165, 1.54) is 6.07 Å². The third-order valence-electron chi connectivity index (χ3n) is 2.30. The van der Waals surface area contributed by atoms with E-state index < -0.39 is 5.97 Å². The van der Waals surface area contributed by atoms with Crippen LogP contribution < -0.4 is 0 Å². The number of aromatic hydroxyl groups is 1. The van der Waals surface area contributed by atoms with Crippen molar-refractivity contribution < 1.29 is 19.5 Å². The Morgan fingerprint density at radius 3 is 2.76 bits per heavy atom. The van der Waals surface area contributed by atoms with Gasteiger partial charge >= 0.3 is 5.97 Å². The molecule has 2 aromatic rings. The number of benzene rings is 1. The first-order valence-electron chi connectivity index (χ1n) is 4.69. The highest BCUT2D eigenvalue weighted by Gasteiger charge is 2.17. The maximum absolute atomic E-state index is 10.6. The van der Waals surface area contributed by atoms with E-state index >= 15 is 0 Å². The Hall–Kier alpha value is -2.01. The molecule has 88 valence electrons. The van der Waals surface area contributed by atoms with Crippen molar-refractivity contribution in [2.24, 2.45) is 0 Å². The third-order valence-corrected chi connectivity index (χ3v) is 2.78. The molecule has 0 aliphatic carbocycles. The Labute approximate surface area is 101 Å². The van der Waals surface area contributed by atoms with Gasteiger partial charge in [0.1, 0.15) is 5.75 Å². The molecular weight excluding hydrogens is 246 g/mol. The SMILES string of the molecule is Cc1ccc(-c2cc(C(=O)O)no2)c(O)c1Cl. The number of carbonyl (C=O) groups is 1. The first-order chi connectivity index (χ1) is 8.00. The first-order valence-corrected chi connectivity index (χ1v) is 5.07. The van der Waals surface area contributed by atoms with Crippen molar-refractivity contribution in [1.82, 2.24) is 5.16 Å². The van der Waals surface area contributed by atoms with Gasteiger partial charge in [-0.25, -0.2) is 4.79 Å². The Morgan fingerprint density at radius 2 is 2.18 bits per heavy atom. The molecule has 17 heavy (non-hydrogen) atoms. The summed E-state index contributed by atoms with van der Waals surface area (Å²) in [6.45, 7) is 1.74. The summed E-state index contributed by atoms with van der Waals surface area (Å²) in [5.41, 5.74) is 0.794. The number of aryl methyl sites for hydroxylation is 1. The average molecular weight is 254 g/mol. The Morgan fingerprint density at radius 1 is 1.47 bits per heavy atom. The molecule has 0 spiro atoms. The number of hydrogen-bond donors (Lipinski definition) is 2. The fourth-order valence-corrected chi connectivity index (χ4v) is 1.53. The smallest absolute Gasteiger partial charge is 0.358 e. The molecule has 0 atom stereocenters. The van der Waals surface area contributed by atoms with Crippen LogP contribution >= 0.6 is 11.6 Å². The molecule has 1 aromatic heterocycles. The second-order valence-electron chi connectivity index (χ2n) is 3.47. The van der Waals surface area contributed by atoms with E-state index in [0.29, 0.717) is 11.1 Å². The molecule has 0 saturated heterocycles. The van der Waals surface area contributed by atoms with Crippen molar-refractivity contribution in [2.75, 3.05) is 0 Å². The van der Waals surface area contributed by atoms with Crippen molar-refractivity contribution >= 4 is 17.6 Å². The molecule has 6 heteroatoms. The zero-order valence-electron chi connectivity index (χ0n) is 8.77. The van der Waals surface area contributed by atoms with Gasteiger partial charge in [-0.15, -0.1) is 0 Å². The normalized spacial score (nSPS) is 10.5. The number of aromatic nitrogens is 1. The molecule has 0 radical (unpaired) electrons. The van der Waals surface area contributed by atoms with Crippen LogP contribution in [-0.2, 0) is 0 Å². The predicted molar refractivity (Wildman–Crippen MR) is 60.3 cm³/mol. The molecular formula is C11H8ClNO4. The standard InChI is InChI=1S/C11H8ClNO4/c1-5-2-3-6(10(14)9(5)12)8-4-7(11(15)16)13-17-8/h2-4,14H,1H3,(H,15,16). The van der Waals surface area contributed by atoms with E-state index in [0.717, 1.165) is 0 Å². The summed E-state index contributed by atoms with van der Waals surface area (Å²) in [7, 11) is 0. The highest BCUT2D eigenvalue weighted by atomic mass is 35.5. The second-order valence-corrected chi connectivity index (χ2v) is 3.85. The van der Waals surface area contributed by atoms with E-state index in [-0.39, 0.29) is 22.2 Å². The summed E-state index contributed by atoms with van der Waals surface area (Å²) in [5, 5.41) is 22.1. The van der Waals surface area contributed by atoms with Gasteiger partial charge in [-0.05, 0) is 18.6 Å². The van der Waals surface area contributed by atoms with E-state index in [1.54, 1.807) is 19.1 Å². The summed E-state index contributed by atoms with van der Waals surface area (Å²) < 4.78 is 4.84. The van der Waals surface area contributed by atoms with Crippen LogP contribution in [0, 0.1) is 6.92 Å². The maximum Gasteiger partial charge on any atom is 0.358 e. The lowest BCUT2D eigenvalue weighted by Gasteiger charge is -2.04. The van der Waals surface area contributed by atoms with E-state index in [4.69, 9.17) is 21.2 Å². The van der Waals surface area contributed by atoms with Gasteiger partial charge in [-0.3, -0.25) is 0 Å². The Bertz CT molecular complexity index is 591. The molecule has 2 N–H and O–H groups in total. The van der Waals surface area contributed by atoms with E-state index in [9.17, 15) is 9.90 Å². The fourth-order valence-electron chi connectivity index (χ4n) is 1.37. The minimum absolute atomic E-state index is 0.153. The molecule has 0 bridgehead atoms. The van der Waals surface area contributed by atoms with Gasteiger partial charge in [0, 0.05) is 6.07 Å². The number of halogens is 1. The molecule has 0 amide bonds. The van der Waals surface area contributed by atoms with Crippen molar-refractivity contribution in [1.29, 1.82) is 0 Å². The zero-order valence-corrected chi connectivity index (χ0v) is 9.52. The van der Waals surface area contributed by atoms with Gasteiger partial charge in [0.15, 0.2) is 11.5 Å². The molecule has 0 saturated carbocycles. The summed E-state index contributed by atoms with van der Waals surface area (Å²) in [6.07, 6.45) is 0. The average Bonchev–Trinajstić information content (AvgIpc) is 2.75. The van der Waals surface area contributed by atoms with Crippen molar-refractivity contribution in [2.45, 2.75) is 6.92 Å². The summed E-state index contributed by atoms with van der Waals surface area (Å²) in [6, 6.07) is 4.51. The molecule has 0 fully saturated rings. The lowest BCUT2D eigenvalue weighted by Crippen LogP contribution is -1.94. The topological polar surface area (TPSA) is 83.6 Å². The monoisotopic (exact) mass is 253 g/mol. The Kier molecular flexibility index (Phi) is 2.77. The Balaban J connectivity index is 2.53. The second kappa shape index (κ2) is 4.10. The van der Waals surface area contributed by atoms with E-state index in [1.807, 2.05) is 0 Å². The maximum atomic E-state index is 10.6. The van der Waals surface area contributed by atoms with Crippen LogP contribution in [0.1, 0.15) is 16.1 Å². The highest BCUT2D eigenvalue weighted by Crippen LogP contribution is 2.37. The van der Waals surface area contributed by atoms with Crippen LogP contribution in [0.5, 0.6) is 5.75 Å². The molecule has 2 rings (SSSR count). The molecule has 5 nitrogen and oxygen atoms in total. The van der Waals surface area contributed by atoms with Crippen LogP contribution in [0.3, 0.4) is 0 Å². The highest BCUT2D eigenvalue weighted by molar-refractivity contribution is 6.33. The van der Waals surface area contributed by atoms with Gasteiger partial charge in [-0.2, -0.15) is 0 Å². The van der Waals surface area contributed by atoms with E-state index in [2.05, 4.69) is 5.16 Å². The first kappa shape index (κ1) is 11.5. The molecule has 0 aliphatic rings. The molecule has 0 unspecified atom stereocenters. The van der Waals surface area contributed by atoms with Gasteiger partial charge in [0.25, 0.3) is 0 Å². The molecule has 1 aromatic carbocycles. The van der Waals surface area contributed by atoms with Crippen molar-refractivity contribution in [3.8, 4) is 17.1 Å². The quantitative estimate of drug-likeness (QED) is 0.860. The third kappa shape index (κ3) is 1.97. The minimum atomic E-state index is -1.20. The summed E-state index contributed by atoms with van der Waals surface area (Å²) >= 11 is 5.87. The lowest BCUT2D eigenvalue weighted by atomic mass is 10.1. The number of aromatic carboxylic acids is 1. The fraction of sp³-hybridized carbons (Fsp3) is 0.0909.